The van der Waals surface area contributed by atoms with Crippen LogP contribution in [-0.4, -0.2) is 22.6 Å². The molecule has 0 unspecified atom stereocenters. The van der Waals surface area contributed by atoms with Gasteiger partial charge in [-0.3, -0.25) is 0 Å². The molecule has 1 saturated heterocycles. The van der Waals surface area contributed by atoms with Gasteiger partial charge in [-0.25, -0.2) is 4.79 Å². The van der Waals surface area contributed by atoms with Crippen molar-refractivity contribution in [3.8, 4) is 0 Å². The minimum Gasteiger partial charge on any atom is -0.359 e. The van der Waals surface area contributed by atoms with E-state index < -0.39 is 0 Å². The highest BCUT2D eigenvalue weighted by Crippen LogP contribution is 2.33. The van der Waals surface area contributed by atoms with Gasteiger partial charge in [-0.2, -0.15) is 0 Å². The van der Waals surface area contributed by atoms with E-state index in [1.807, 2.05) is 29.3 Å². The lowest BCUT2D eigenvalue weighted by Crippen LogP contribution is -2.42. The summed E-state index contributed by atoms with van der Waals surface area (Å²) in [4.78, 5) is 15.9. The second-order valence-electron chi connectivity index (χ2n) is 6.41. The van der Waals surface area contributed by atoms with Crippen molar-refractivity contribution in [2.45, 2.75) is 45.7 Å². The van der Waals surface area contributed by atoms with Crippen LogP contribution >= 0.6 is 11.3 Å². The molecule has 0 radical (unpaired) electrons. The second-order valence-corrected chi connectivity index (χ2v) is 7.39. The molecule has 0 saturated carbocycles. The van der Waals surface area contributed by atoms with Crippen molar-refractivity contribution in [3.63, 3.8) is 0 Å². The minimum atomic E-state index is -0.0198. The highest BCUT2D eigenvalue weighted by Gasteiger charge is 2.34. The van der Waals surface area contributed by atoms with Gasteiger partial charge in [0.2, 0.25) is 0 Å². The number of rotatable bonds is 4. The summed E-state index contributed by atoms with van der Waals surface area (Å²) in [6.45, 7) is 6.92. The number of hydrogen-bond donors (Lipinski definition) is 1. The van der Waals surface area contributed by atoms with E-state index in [-0.39, 0.29) is 18.1 Å². The lowest BCUT2D eigenvalue weighted by molar-refractivity contribution is 0.175. The Morgan fingerprint density at radius 1 is 1.52 bits per heavy atom. The minimum absolute atomic E-state index is 0.00709. The number of hydrogen-bond acceptors (Lipinski definition) is 4. The molecular weight excluding hydrogens is 310 g/mol. The Kier molecular flexibility index (Phi) is 4.71. The quantitative estimate of drug-likeness (QED) is 0.908. The van der Waals surface area contributed by atoms with Crippen molar-refractivity contribution < 1.29 is 9.32 Å². The zero-order chi connectivity index (χ0) is 16.4. The Morgan fingerprint density at radius 2 is 2.35 bits per heavy atom. The number of aromatic nitrogens is 1. The smallest absolute Gasteiger partial charge is 0.318 e. The Bertz CT molecular complexity index is 651. The molecule has 1 N–H and O–H groups in total. The molecule has 124 valence electrons. The molecule has 1 aliphatic rings. The number of carbonyl (C=O) groups is 1. The Labute approximate surface area is 140 Å². The van der Waals surface area contributed by atoms with Gasteiger partial charge in [-0.15, -0.1) is 11.3 Å². The molecule has 2 aromatic heterocycles. The molecule has 23 heavy (non-hydrogen) atoms. The number of carbonyl (C=O) groups excluding carboxylic acids is 1. The molecule has 1 aliphatic heterocycles. The Balaban J connectivity index is 1.73. The van der Waals surface area contributed by atoms with Crippen LogP contribution in [0, 0.1) is 12.8 Å². The van der Waals surface area contributed by atoms with Gasteiger partial charge < -0.3 is 14.7 Å². The normalized spacial score (nSPS) is 19.3. The predicted octanol–water partition coefficient (Wildman–Crippen LogP) is 4.29. The predicted molar refractivity (Wildman–Crippen MR) is 90.4 cm³/mol. The summed E-state index contributed by atoms with van der Waals surface area (Å²) >= 11 is 1.68. The van der Waals surface area contributed by atoms with E-state index in [1.165, 1.54) is 4.88 Å². The summed E-state index contributed by atoms with van der Waals surface area (Å²) in [5, 5.41) is 9.20. The number of nitrogens with one attached hydrogen (secondary N) is 1. The van der Waals surface area contributed by atoms with Crippen molar-refractivity contribution in [2.24, 2.45) is 5.92 Å². The van der Waals surface area contributed by atoms with Crippen LogP contribution in [0.4, 0.5) is 4.79 Å². The number of aryl methyl sites for hydroxylation is 1. The van der Waals surface area contributed by atoms with Gasteiger partial charge in [0.25, 0.3) is 0 Å². The number of urea groups is 1. The molecule has 0 spiro atoms. The highest BCUT2D eigenvalue weighted by atomic mass is 32.1. The third-order valence-corrected chi connectivity index (χ3v) is 5.24. The summed E-state index contributed by atoms with van der Waals surface area (Å²) in [6, 6.07) is 6.05. The standard InChI is InChI=1S/C17H23N3O2S/c1-11(2)16(15-7-5-9-23-15)18-17(21)20-8-4-6-13(20)14-10-12(3)19-22-14/h5,7,9-11,13,16H,4,6,8H2,1-3H3,(H,18,21)/t13-,16+/m1/s1. The summed E-state index contributed by atoms with van der Waals surface area (Å²) in [5.74, 6) is 1.12. The summed E-state index contributed by atoms with van der Waals surface area (Å²) in [7, 11) is 0. The second kappa shape index (κ2) is 6.74. The molecular formula is C17H23N3O2S. The van der Waals surface area contributed by atoms with Crippen LogP contribution in [-0.2, 0) is 0 Å². The van der Waals surface area contributed by atoms with E-state index in [9.17, 15) is 4.79 Å². The number of thiophene rings is 1. The molecule has 3 heterocycles. The van der Waals surface area contributed by atoms with Crippen LogP contribution in [0.5, 0.6) is 0 Å². The molecule has 0 aliphatic carbocycles. The van der Waals surface area contributed by atoms with Crippen molar-refractivity contribution in [2.75, 3.05) is 6.54 Å². The summed E-state index contributed by atoms with van der Waals surface area (Å²) < 4.78 is 5.38. The van der Waals surface area contributed by atoms with E-state index in [4.69, 9.17) is 4.52 Å². The third kappa shape index (κ3) is 3.42. The average Bonchev–Trinajstić information content (AvgIpc) is 3.24. The molecule has 0 bridgehead atoms. The van der Waals surface area contributed by atoms with Crippen LogP contribution in [0.25, 0.3) is 0 Å². The maximum absolute atomic E-state index is 12.8. The van der Waals surface area contributed by atoms with Gasteiger partial charge in [0.05, 0.1) is 17.8 Å². The fourth-order valence-corrected chi connectivity index (χ4v) is 4.05. The first-order chi connectivity index (χ1) is 11.1. The maximum atomic E-state index is 12.8. The molecule has 2 amide bonds. The molecule has 0 aromatic carbocycles. The lowest BCUT2D eigenvalue weighted by atomic mass is 10.0. The Morgan fingerprint density at radius 3 is 2.96 bits per heavy atom. The molecule has 6 heteroatoms. The fraction of sp³-hybridized carbons (Fsp3) is 0.529. The van der Waals surface area contributed by atoms with Gasteiger partial charge in [-0.1, -0.05) is 25.1 Å². The van der Waals surface area contributed by atoms with Crippen molar-refractivity contribution in [3.05, 3.63) is 39.9 Å². The number of likely N-dealkylation sites (tertiary alicyclic amines) is 1. The first-order valence-electron chi connectivity index (χ1n) is 8.10. The first-order valence-corrected chi connectivity index (χ1v) is 8.98. The van der Waals surface area contributed by atoms with E-state index in [1.54, 1.807) is 11.3 Å². The van der Waals surface area contributed by atoms with Gasteiger partial charge in [0, 0.05) is 17.5 Å². The van der Waals surface area contributed by atoms with Gasteiger partial charge in [0.15, 0.2) is 5.76 Å². The van der Waals surface area contributed by atoms with Crippen LogP contribution in [0.2, 0.25) is 0 Å². The highest BCUT2D eigenvalue weighted by molar-refractivity contribution is 7.10. The van der Waals surface area contributed by atoms with Crippen molar-refractivity contribution in [1.82, 2.24) is 15.4 Å². The molecule has 2 atom stereocenters. The molecule has 5 nitrogen and oxygen atoms in total. The van der Waals surface area contributed by atoms with Crippen LogP contribution in [0.1, 0.15) is 55.1 Å². The Hall–Kier alpha value is -1.82. The zero-order valence-electron chi connectivity index (χ0n) is 13.8. The first kappa shape index (κ1) is 16.1. The van der Waals surface area contributed by atoms with Crippen LogP contribution in [0.3, 0.4) is 0 Å². The van der Waals surface area contributed by atoms with Crippen molar-refractivity contribution in [1.29, 1.82) is 0 Å². The van der Waals surface area contributed by atoms with Crippen LogP contribution in [0.15, 0.2) is 28.1 Å². The summed E-state index contributed by atoms with van der Waals surface area (Å²) in [6.07, 6.45) is 1.91. The zero-order valence-corrected chi connectivity index (χ0v) is 14.6. The van der Waals surface area contributed by atoms with E-state index in [0.29, 0.717) is 5.92 Å². The molecule has 2 aromatic rings. The maximum Gasteiger partial charge on any atom is 0.318 e. The largest absolute Gasteiger partial charge is 0.359 e. The average molecular weight is 333 g/mol. The van der Waals surface area contributed by atoms with Gasteiger partial charge in [-0.05, 0) is 37.1 Å². The molecule has 3 rings (SSSR count). The molecule has 1 fully saturated rings. The van der Waals surface area contributed by atoms with E-state index in [2.05, 4.69) is 30.4 Å². The SMILES string of the molecule is Cc1cc([C@H]2CCCN2C(=O)N[C@H](c2cccs2)C(C)C)on1. The van der Waals surface area contributed by atoms with Crippen LogP contribution < -0.4 is 5.32 Å². The number of nitrogens with zero attached hydrogens (tertiary/aromatic N) is 2. The fourth-order valence-electron chi connectivity index (χ4n) is 3.10. The van der Waals surface area contributed by atoms with Gasteiger partial charge in [0.1, 0.15) is 0 Å². The number of amides is 2. The lowest BCUT2D eigenvalue weighted by Gasteiger charge is -2.28. The third-order valence-electron chi connectivity index (χ3n) is 4.28. The monoisotopic (exact) mass is 333 g/mol. The topological polar surface area (TPSA) is 58.4 Å². The van der Waals surface area contributed by atoms with Crippen molar-refractivity contribution >= 4 is 17.4 Å². The van der Waals surface area contributed by atoms with Gasteiger partial charge >= 0.3 is 6.03 Å². The summed E-state index contributed by atoms with van der Waals surface area (Å²) in [5.41, 5.74) is 0.853. The van der Waals surface area contributed by atoms with E-state index >= 15 is 0 Å². The van der Waals surface area contributed by atoms with E-state index in [0.717, 1.165) is 30.8 Å².